The number of hydrogen-bond acceptors (Lipinski definition) is 6. The van der Waals surface area contributed by atoms with Crippen molar-refractivity contribution in [3.05, 3.63) is 35.5 Å². The van der Waals surface area contributed by atoms with Gasteiger partial charge in [-0.2, -0.15) is 18.2 Å². The van der Waals surface area contributed by atoms with Gasteiger partial charge in [-0.25, -0.2) is 4.98 Å². The molecule has 2 heterocycles. The van der Waals surface area contributed by atoms with Crippen molar-refractivity contribution in [1.82, 2.24) is 9.97 Å². The van der Waals surface area contributed by atoms with Crippen LogP contribution in [-0.4, -0.2) is 37.3 Å². The topological polar surface area (TPSA) is 59.5 Å². The van der Waals surface area contributed by atoms with Gasteiger partial charge >= 0.3 is 6.18 Å². The van der Waals surface area contributed by atoms with Crippen LogP contribution in [0.5, 0.6) is 11.5 Å². The second-order valence-electron chi connectivity index (χ2n) is 7.19. The maximum atomic E-state index is 13.3. The maximum absolute atomic E-state index is 13.3. The number of anilines is 2. The van der Waals surface area contributed by atoms with E-state index in [-0.39, 0.29) is 17.8 Å². The van der Waals surface area contributed by atoms with Crippen molar-refractivity contribution in [2.75, 3.05) is 37.5 Å². The predicted octanol–water partition coefficient (Wildman–Crippen LogP) is 3.90. The number of benzene rings is 1. The van der Waals surface area contributed by atoms with E-state index in [0.29, 0.717) is 30.6 Å². The molecule has 1 aliphatic carbocycles. The molecule has 2 aromatic rings. The third kappa shape index (κ3) is 3.93. The lowest BCUT2D eigenvalue weighted by Crippen LogP contribution is -2.21. The minimum Gasteiger partial charge on any atom is -0.486 e. The summed E-state index contributed by atoms with van der Waals surface area (Å²) in [6.07, 6.45) is -2.56. The fourth-order valence-electron chi connectivity index (χ4n) is 3.17. The predicted molar refractivity (Wildman–Crippen MR) is 97.9 cm³/mol. The van der Waals surface area contributed by atoms with Crippen LogP contribution in [0, 0.1) is 5.92 Å². The van der Waals surface area contributed by atoms with Crippen LogP contribution in [0.1, 0.15) is 30.1 Å². The second-order valence-corrected chi connectivity index (χ2v) is 7.19. The van der Waals surface area contributed by atoms with Crippen molar-refractivity contribution in [1.29, 1.82) is 0 Å². The highest BCUT2D eigenvalue weighted by atomic mass is 19.4. The van der Waals surface area contributed by atoms with Gasteiger partial charge in [0.1, 0.15) is 19.0 Å². The van der Waals surface area contributed by atoms with E-state index in [9.17, 15) is 13.2 Å². The summed E-state index contributed by atoms with van der Waals surface area (Å²) >= 11 is 0. The number of nitrogens with zero attached hydrogens (tertiary/aromatic N) is 3. The fraction of sp³-hybridized carbons (Fsp3) is 0.474. The fourth-order valence-corrected chi connectivity index (χ4v) is 3.17. The van der Waals surface area contributed by atoms with E-state index in [0.717, 1.165) is 24.5 Å². The molecule has 150 valence electrons. The summed E-state index contributed by atoms with van der Waals surface area (Å²) in [5, 5.41) is 3.13. The molecule has 0 bridgehead atoms. The van der Waals surface area contributed by atoms with Crippen molar-refractivity contribution < 1.29 is 22.6 Å². The zero-order valence-corrected chi connectivity index (χ0v) is 15.6. The zero-order chi connectivity index (χ0) is 19.9. The number of halogens is 3. The molecule has 6 nitrogen and oxygen atoms in total. The number of rotatable bonds is 5. The molecule has 1 aliphatic heterocycles. The van der Waals surface area contributed by atoms with Crippen LogP contribution >= 0.6 is 0 Å². The average molecular weight is 394 g/mol. The Morgan fingerprint density at radius 1 is 1.07 bits per heavy atom. The van der Waals surface area contributed by atoms with Crippen LogP contribution in [-0.2, 0) is 6.18 Å². The van der Waals surface area contributed by atoms with E-state index < -0.39 is 11.9 Å². The molecule has 9 heteroatoms. The van der Waals surface area contributed by atoms with Gasteiger partial charge in [-0.3, -0.25) is 0 Å². The molecule has 0 spiro atoms. The first-order valence-electron chi connectivity index (χ1n) is 9.11. The Hall–Kier alpha value is -2.71. The van der Waals surface area contributed by atoms with Gasteiger partial charge in [-0.05, 0) is 36.5 Å². The molecule has 1 saturated carbocycles. The molecule has 1 fully saturated rings. The molecule has 4 rings (SSSR count). The average Bonchev–Trinajstić information content (AvgIpc) is 3.50. The molecule has 0 amide bonds. The number of fused-ring (bicyclic) bond motifs is 1. The second kappa shape index (κ2) is 7.03. The molecule has 0 radical (unpaired) electrons. The zero-order valence-electron chi connectivity index (χ0n) is 15.6. The van der Waals surface area contributed by atoms with E-state index in [2.05, 4.69) is 15.3 Å². The van der Waals surface area contributed by atoms with E-state index in [1.54, 1.807) is 14.1 Å². The highest BCUT2D eigenvalue weighted by Crippen LogP contribution is 2.45. The Balaban J connectivity index is 1.66. The van der Waals surface area contributed by atoms with Crippen LogP contribution in [0.3, 0.4) is 0 Å². The van der Waals surface area contributed by atoms with Crippen LogP contribution < -0.4 is 19.7 Å². The van der Waals surface area contributed by atoms with Crippen molar-refractivity contribution >= 4 is 11.8 Å². The SMILES string of the molecule is CN(C)c1cc(C(F)(F)F)nc(NC(c2ccc3c(c2)OCCO3)C2CC2)n1. The molecule has 1 aromatic carbocycles. The van der Waals surface area contributed by atoms with Crippen LogP contribution in [0.25, 0.3) is 0 Å². The van der Waals surface area contributed by atoms with Gasteiger partial charge in [-0.1, -0.05) is 6.07 Å². The number of aromatic nitrogens is 2. The van der Waals surface area contributed by atoms with E-state index in [4.69, 9.17) is 9.47 Å². The van der Waals surface area contributed by atoms with Gasteiger partial charge in [-0.15, -0.1) is 0 Å². The minimum absolute atomic E-state index is 0.0367. The summed E-state index contributed by atoms with van der Waals surface area (Å²) in [5.41, 5.74) is -0.0513. The number of alkyl halides is 3. The number of nitrogens with one attached hydrogen (secondary N) is 1. The molecule has 1 N–H and O–H groups in total. The third-order valence-electron chi connectivity index (χ3n) is 4.76. The largest absolute Gasteiger partial charge is 0.486 e. The lowest BCUT2D eigenvalue weighted by molar-refractivity contribution is -0.141. The highest BCUT2D eigenvalue weighted by molar-refractivity contribution is 5.49. The maximum Gasteiger partial charge on any atom is 0.433 e. The summed E-state index contributed by atoms with van der Waals surface area (Å²) in [5.74, 6) is 1.79. The van der Waals surface area contributed by atoms with Gasteiger partial charge in [0.15, 0.2) is 17.2 Å². The Labute approximate surface area is 160 Å². The summed E-state index contributed by atoms with van der Waals surface area (Å²) in [4.78, 5) is 9.50. The lowest BCUT2D eigenvalue weighted by Gasteiger charge is -2.24. The quantitative estimate of drug-likeness (QED) is 0.830. The molecule has 1 aromatic heterocycles. The molecule has 1 unspecified atom stereocenters. The first-order chi connectivity index (χ1) is 13.3. The van der Waals surface area contributed by atoms with Gasteiger partial charge < -0.3 is 19.7 Å². The third-order valence-corrected chi connectivity index (χ3v) is 4.76. The molecular formula is C19H21F3N4O2. The highest BCUT2D eigenvalue weighted by Gasteiger charge is 2.36. The monoisotopic (exact) mass is 394 g/mol. The van der Waals surface area contributed by atoms with E-state index >= 15 is 0 Å². The smallest absolute Gasteiger partial charge is 0.433 e. The Morgan fingerprint density at radius 2 is 1.79 bits per heavy atom. The van der Waals surface area contributed by atoms with Crippen LogP contribution in [0.15, 0.2) is 24.3 Å². The van der Waals surface area contributed by atoms with Crippen molar-refractivity contribution in [2.45, 2.75) is 25.1 Å². The van der Waals surface area contributed by atoms with Crippen LogP contribution in [0.4, 0.5) is 24.9 Å². The van der Waals surface area contributed by atoms with Crippen molar-refractivity contribution in [3.8, 4) is 11.5 Å². The molecule has 0 saturated heterocycles. The van der Waals surface area contributed by atoms with Crippen molar-refractivity contribution in [3.63, 3.8) is 0 Å². The molecular weight excluding hydrogens is 373 g/mol. The summed E-state index contributed by atoms with van der Waals surface area (Å²) in [6, 6.07) is 6.37. The Bertz CT molecular complexity index is 869. The first-order valence-corrected chi connectivity index (χ1v) is 9.11. The van der Waals surface area contributed by atoms with E-state index in [1.807, 2.05) is 18.2 Å². The van der Waals surface area contributed by atoms with Crippen molar-refractivity contribution in [2.24, 2.45) is 5.92 Å². The van der Waals surface area contributed by atoms with Gasteiger partial charge in [0.25, 0.3) is 0 Å². The van der Waals surface area contributed by atoms with Gasteiger partial charge in [0.05, 0.1) is 6.04 Å². The lowest BCUT2D eigenvalue weighted by atomic mass is 10.0. The summed E-state index contributed by atoms with van der Waals surface area (Å²) < 4.78 is 51.0. The number of ether oxygens (including phenoxy) is 2. The summed E-state index contributed by atoms with van der Waals surface area (Å²) in [6.45, 7) is 0.975. The molecule has 28 heavy (non-hydrogen) atoms. The Morgan fingerprint density at radius 3 is 2.43 bits per heavy atom. The van der Waals surface area contributed by atoms with Gasteiger partial charge in [0.2, 0.25) is 5.95 Å². The normalized spacial score (nSPS) is 17.2. The first kappa shape index (κ1) is 18.6. The van der Waals surface area contributed by atoms with Crippen LogP contribution in [0.2, 0.25) is 0 Å². The van der Waals surface area contributed by atoms with Gasteiger partial charge in [0, 0.05) is 20.2 Å². The summed E-state index contributed by atoms with van der Waals surface area (Å²) in [7, 11) is 3.29. The standard InChI is InChI=1S/C19H21F3N4O2/c1-26(2)16-10-15(19(20,21)22)23-18(24-16)25-17(11-3-4-11)12-5-6-13-14(9-12)28-8-7-27-13/h5-6,9-11,17H,3-4,7-8H2,1-2H3,(H,23,24,25). The van der Waals surface area contributed by atoms with E-state index in [1.165, 1.54) is 4.90 Å². The minimum atomic E-state index is -4.55. The molecule has 1 atom stereocenters. The number of hydrogen-bond donors (Lipinski definition) is 1. The Kier molecular flexibility index (Phi) is 4.68. The molecule has 2 aliphatic rings.